The first-order valence-corrected chi connectivity index (χ1v) is 7.96. The largest absolute Gasteiger partial charge is 0.375 e. The van der Waals surface area contributed by atoms with Crippen LogP contribution in [0.2, 0.25) is 0 Å². The van der Waals surface area contributed by atoms with Crippen molar-refractivity contribution < 1.29 is 14.3 Å². The summed E-state index contributed by atoms with van der Waals surface area (Å²) in [5.41, 5.74) is 0.398. The number of ether oxygens (including phenoxy) is 1. The number of methoxy groups -OCH3 is 1. The van der Waals surface area contributed by atoms with Crippen LogP contribution in [-0.2, 0) is 9.53 Å². The van der Waals surface area contributed by atoms with Crippen molar-refractivity contribution in [2.24, 2.45) is 5.41 Å². The Morgan fingerprint density at radius 1 is 1.22 bits per heavy atom. The van der Waals surface area contributed by atoms with Crippen LogP contribution < -0.4 is 0 Å². The highest BCUT2D eigenvalue weighted by Crippen LogP contribution is 2.39. The summed E-state index contributed by atoms with van der Waals surface area (Å²) >= 11 is 0. The van der Waals surface area contributed by atoms with E-state index in [2.05, 4.69) is 9.97 Å². The fourth-order valence-electron chi connectivity index (χ4n) is 3.65. The van der Waals surface area contributed by atoms with Crippen molar-refractivity contribution in [3.05, 3.63) is 24.3 Å². The molecule has 0 radical (unpaired) electrons. The van der Waals surface area contributed by atoms with Gasteiger partial charge in [-0.15, -0.1) is 0 Å². The molecular formula is C16H22N4O3. The zero-order valence-corrected chi connectivity index (χ0v) is 13.4. The Morgan fingerprint density at radius 2 is 2.04 bits per heavy atom. The Hall–Kier alpha value is -2.02. The smallest absolute Gasteiger partial charge is 0.274 e. The van der Waals surface area contributed by atoms with Crippen LogP contribution in [0, 0.1) is 5.41 Å². The first-order valence-electron chi connectivity index (χ1n) is 7.96. The highest BCUT2D eigenvalue weighted by molar-refractivity contribution is 5.92. The quantitative estimate of drug-likeness (QED) is 0.815. The number of rotatable bonds is 3. The minimum Gasteiger partial charge on any atom is -0.375 e. The molecule has 0 saturated carbocycles. The zero-order chi connectivity index (χ0) is 16.3. The van der Waals surface area contributed by atoms with E-state index >= 15 is 0 Å². The monoisotopic (exact) mass is 318 g/mol. The molecule has 7 nitrogen and oxygen atoms in total. The minimum absolute atomic E-state index is 0.0134. The van der Waals surface area contributed by atoms with Gasteiger partial charge >= 0.3 is 0 Å². The summed E-state index contributed by atoms with van der Waals surface area (Å²) in [6, 6.07) is 0. The summed E-state index contributed by atoms with van der Waals surface area (Å²) in [6.45, 7) is 3.00. The van der Waals surface area contributed by atoms with Crippen molar-refractivity contribution in [1.29, 1.82) is 0 Å². The summed E-state index contributed by atoms with van der Waals surface area (Å²) < 4.78 is 4.94. The van der Waals surface area contributed by atoms with Gasteiger partial charge in [-0.3, -0.25) is 14.6 Å². The maximum atomic E-state index is 12.6. The average Bonchev–Trinajstić information content (AvgIpc) is 2.99. The van der Waals surface area contributed by atoms with Gasteiger partial charge in [0.1, 0.15) is 12.3 Å². The molecule has 2 aliphatic heterocycles. The van der Waals surface area contributed by atoms with Crippen LogP contribution >= 0.6 is 0 Å². The number of hydrogen-bond donors (Lipinski definition) is 0. The van der Waals surface area contributed by atoms with Gasteiger partial charge in [-0.05, 0) is 19.3 Å². The molecular weight excluding hydrogens is 296 g/mol. The van der Waals surface area contributed by atoms with Gasteiger partial charge in [0, 0.05) is 51.1 Å². The predicted octanol–water partition coefficient (Wildman–Crippen LogP) is 0.578. The van der Waals surface area contributed by atoms with Gasteiger partial charge in [0.2, 0.25) is 5.91 Å². The summed E-state index contributed by atoms with van der Waals surface area (Å²) in [6.07, 6.45) is 7.55. The van der Waals surface area contributed by atoms with E-state index in [1.165, 1.54) is 19.5 Å². The number of carbonyl (C=O) groups excluding carboxylic acids is 2. The van der Waals surface area contributed by atoms with Gasteiger partial charge in [0.05, 0.1) is 6.20 Å². The lowest BCUT2D eigenvalue weighted by atomic mass is 9.79. The lowest BCUT2D eigenvalue weighted by molar-refractivity contribution is -0.134. The molecule has 2 saturated heterocycles. The van der Waals surface area contributed by atoms with Crippen LogP contribution in [0.15, 0.2) is 18.6 Å². The van der Waals surface area contributed by atoms with Crippen LogP contribution in [0.1, 0.15) is 29.8 Å². The second-order valence-electron chi connectivity index (χ2n) is 6.42. The van der Waals surface area contributed by atoms with Gasteiger partial charge in [-0.2, -0.15) is 0 Å². The molecule has 124 valence electrons. The standard InChI is InChI=1S/C16H22N4O3/c1-23-10-14(21)19-8-4-16(11-19)3-2-7-20(12-16)15(22)13-9-17-5-6-18-13/h5-6,9H,2-4,7-8,10-12H2,1H3/t16-/m0/s1. The van der Waals surface area contributed by atoms with E-state index in [0.717, 1.165) is 32.4 Å². The maximum absolute atomic E-state index is 12.6. The van der Waals surface area contributed by atoms with Gasteiger partial charge in [0.15, 0.2) is 0 Å². The first kappa shape index (κ1) is 15.9. The number of amides is 2. The SMILES string of the molecule is COCC(=O)N1CC[C@@]2(CCCN(C(=O)c3cnccn3)C2)C1. The van der Waals surface area contributed by atoms with E-state index in [1.54, 1.807) is 6.20 Å². The second kappa shape index (κ2) is 6.62. The Labute approximate surface area is 135 Å². The molecule has 23 heavy (non-hydrogen) atoms. The van der Waals surface area contributed by atoms with E-state index in [0.29, 0.717) is 18.8 Å². The molecule has 7 heteroatoms. The van der Waals surface area contributed by atoms with Crippen molar-refractivity contribution >= 4 is 11.8 Å². The molecule has 0 bridgehead atoms. The number of hydrogen-bond acceptors (Lipinski definition) is 5. The van der Waals surface area contributed by atoms with Crippen molar-refractivity contribution in [2.45, 2.75) is 19.3 Å². The van der Waals surface area contributed by atoms with Crippen LogP contribution in [0.3, 0.4) is 0 Å². The normalized spacial score (nSPS) is 24.2. The van der Waals surface area contributed by atoms with E-state index in [4.69, 9.17) is 4.74 Å². The zero-order valence-electron chi connectivity index (χ0n) is 13.4. The molecule has 2 amide bonds. The predicted molar refractivity (Wildman–Crippen MR) is 82.7 cm³/mol. The topological polar surface area (TPSA) is 75.6 Å². The molecule has 2 fully saturated rings. The number of nitrogens with zero attached hydrogens (tertiary/aromatic N) is 4. The molecule has 3 heterocycles. The molecule has 0 aromatic carbocycles. The van der Waals surface area contributed by atoms with Crippen LogP contribution in [0.25, 0.3) is 0 Å². The molecule has 1 aromatic rings. The van der Waals surface area contributed by atoms with Gasteiger partial charge < -0.3 is 14.5 Å². The summed E-state index contributed by atoms with van der Waals surface area (Å²) in [5, 5.41) is 0. The molecule has 2 aliphatic rings. The average molecular weight is 318 g/mol. The lowest BCUT2D eigenvalue weighted by Gasteiger charge is -2.40. The Balaban J connectivity index is 1.67. The van der Waals surface area contributed by atoms with E-state index in [-0.39, 0.29) is 23.8 Å². The second-order valence-corrected chi connectivity index (χ2v) is 6.42. The third kappa shape index (κ3) is 3.34. The Bertz CT molecular complexity index is 580. The fraction of sp³-hybridized carbons (Fsp3) is 0.625. The lowest BCUT2D eigenvalue weighted by Crippen LogP contribution is -2.48. The minimum atomic E-state index is -0.0705. The molecule has 3 rings (SSSR count). The molecule has 1 aromatic heterocycles. The molecule has 1 spiro atoms. The van der Waals surface area contributed by atoms with E-state index in [9.17, 15) is 9.59 Å². The van der Waals surface area contributed by atoms with Crippen LogP contribution in [0.4, 0.5) is 0 Å². The molecule has 0 N–H and O–H groups in total. The van der Waals surface area contributed by atoms with Crippen molar-refractivity contribution in [3.63, 3.8) is 0 Å². The Kier molecular flexibility index (Phi) is 4.56. The summed E-state index contributed by atoms with van der Waals surface area (Å²) in [7, 11) is 1.53. The number of likely N-dealkylation sites (tertiary alicyclic amines) is 2. The summed E-state index contributed by atoms with van der Waals surface area (Å²) in [5.74, 6) is -0.0411. The Morgan fingerprint density at radius 3 is 2.78 bits per heavy atom. The van der Waals surface area contributed by atoms with Crippen LogP contribution in [0.5, 0.6) is 0 Å². The first-order chi connectivity index (χ1) is 11.1. The fourth-order valence-corrected chi connectivity index (χ4v) is 3.65. The number of carbonyl (C=O) groups is 2. The van der Waals surface area contributed by atoms with Gasteiger partial charge in [0.25, 0.3) is 5.91 Å². The number of aromatic nitrogens is 2. The molecule has 0 aliphatic carbocycles. The van der Waals surface area contributed by atoms with E-state index in [1.807, 2.05) is 9.80 Å². The van der Waals surface area contributed by atoms with Gasteiger partial charge in [-0.25, -0.2) is 4.98 Å². The molecule has 1 atom stereocenters. The highest BCUT2D eigenvalue weighted by Gasteiger charge is 2.43. The van der Waals surface area contributed by atoms with Crippen molar-refractivity contribution in [1.82, 2.24) is 19.8 Å². The van der Waals surface area contributed by atoms with Crippen LogP contribution in [-0.4, -0.2) is 71.5 Å². The van der Waals surface area contributed by atoms with Gasteiger partial charge in [-0.1, -0.05) is 0 Å². The third-order valence-corrected chi connectivity index (χ3v) is 4.79. The summed E-state index contributed by atoms with van der Waals surface area (Å²) in [4.78, 5) is 36.4. The molecule has 0 unspecified atom stereocenters. The third-order valence-electron chi connectivity index (χ3n) is 4.79. The van der Waals surface area contributed by atoms with Crippen molar-refractivity contribution in [3.8, 4) is 0 Å². The van der Waals surface area contributed by atoms with Crippen molar-refractivity contribution in [2.75, 3.05) is 39.9 Å². The highest BCUT2D eigenvalue weighted by atomic mass is 16.5. The maximum Gasteiger partial charge on any atom is 0.274 e. The van der Waals surface area contributed by atoms with E-state index < -0.39 is 0 Å². The number of piperidine rings is 1.